The highest BCUT2D eigenvalue weighted by Gasteiger charge is 2.25. The van der Waals surface area contributed by atoms with E-state index in [1.165, 1.54) is 0 Å². The number of hydrogen-bond acceptors (Lipinski definition) is 5. The van der Waals surface area contributed by atoms with E-state index >= 15 is 0 Å². The number of methoxy groups -OCH3 is 1. The van der Waals surface area contributed by atoms with E-state index in [0.29, 0.717) is 24.2 Å². The number of likely N-dealkylation sites (N-methyl/N-ethyl adjacent to an activating group) is 1. The molecule has 0 unspecified atom stereocenters. The van der Waals surface area contributed by atoms with Crippen molar-refractivity contribution in [2.75, 3.05) is 40.3 Å². The van der Waals surface area contributed by atoms with Crippen LogP contribution < -0.4 is 10.1 Å². The van der Waals surface area contributed by atoms with Crippen LogP contribution in [0.25, 0.3) is 0 Å². The van der Waals surface area contributed by atoms with Gasteiger partial charge in [0.25, 0.3) is 5.91 Å². The first-order valence-electron chi connectivity index (χ1n) is 9.98. The predicted molar refractivity (Wildman–Crippen MR) is 117 cm³/mol. The van der Waals surface area contributed by atoms with Crippen LogP contribution in [0.1, 0.15) is 34.5 Å². The Balaban J connectivity index is 1.59. The molecule has 1 N–H and O–H groups in total. The number of nitrogens with one attached hydrogen (secondary N) is 1. The number of carbonyl (C=O) groups is 1. The molecule has 0 radical (unpaired) electrons. The molecule has 3 rings (SSSR count). The number of piperazine rings is 1. The summed E-state index contributed by atoms with van der Waals surface area (Å²) < 4.78 is 32.0. The van der Waals surface area contributed by atoms with E-state index in [9.17, 15) is 13.2 Å². The Morgan fingerprint density at radius 3 is 2.20 bits per heavy atom. The van der Waals surface area contributed by atoms with Gasteiger partial charge in [0.2, 0.25) is 10.0 Å². The molecule has 30 heavy (non-hydrogen) atoms. The van der Waals surface area contributed by atoms with E-state index in [4.69, 9.17) is 4.74 Å². The molecule has 1 atom stereocenters. The van der Waals surface area contributed by atoms with Gasteiger partial charge in [0.1, 0.15) is 5.75 Å². The minimum Gasteiger partial charge on any atom is -0.497 e. The van der Waals surface area contributed by atoms with Crippen molar-refractivity contribution in [1.29, 1.82) is 0 Å². The zero-order chi connectivity index (χ0) is 21.7. The van der Waals surface area contributed by atoms with Crippen molar-refractivity contribution >= 4 is 15.9 Å². The molecule has 1 aliphatic heterocycles. The van der Waals surface area contributed by atoms with Crippen molar-refractivity contribution < 1.29 is 17.9 Å². The van der Waals surface area contributed by atoms with Gasteiger partial charge in [-0.3, -0.25) is 4.79 Å². The van der Waals surface area contributed by atoms with E-state index < -0.39 is 10.0 Å². The van der Waals surface area contributed by atoms with E-state index in [-0.39, 0.29) is 17.7 Å². The third kappa shape index (κ3) is 5.59. The number of sulfonamides is 1. The van der Waals surface area contributed by atoms with Crippen LogP contribution >= 0.6 is 0 Å². The summed E-state index contributed by atoms with van der Waals surface area (Å²) in [5.41, 5.74) is 2.14. The maximum Gasteiger partial charge on any atom is 0.251 e. The number of ether oxygens (including phenoxy) is 1. The number of benzene rings is 2. The summed E-state index contributed by atoms with van der Waals surface area (Å²) in [5.74, 6) is 0.507. The number of amides is 1. The topological polar surface area (TPSA) is 78.9 Å². The van der Waals surface area contributed by atoms with Gasteiger partial charge in [-0.15, -0.1) is 0 Å². The molecule has 8 heteroatoms. The molecule has 1 heterocycles. The second-order valence-corrected chi connectivity index (χ2v) is 9.59. The Labute approximate surface area is 178 Å². The van der Waals surface area contributed by atoms with Gasteiger partial charge in [0.15, 0.2) is 0 Å². The average molecular weight is 432 g/mol. The molecule has 0 aromatic heterocycles. The minimum absolute atomic E-state index is 0.0547. The molecule has 1 amide bonds. The summed E-state index contributed by atoms with van der Waals surface area (Å²) in [6.07, 6.45) is 0. The van der Waals surface area contributed by atoms with Gasteiger partial charge >= 0.3 is 0 Å². The average Bonchev–Trinajstić information content (AvgIpc) is 2.74. The maximum absolute atomic E-state index is 12.6. The summed E-state index contributed by atoms with van der Waals surface area (Å²) in [6, 6.07) is 14.1. The van der Waals surface area contributed by atoms with Crippen molar-refractivity contribution in [2.24, 2.45) is 0 Å². The highest BCUT2D eigenvalue weighted by atomic mass is 32.2. The highest BCUT2D eigenvalue weighted by molar-refractivity contribution is 7.88. The Bertz CT molecular complexity index is 951. The maximum atomic E-state index is 12.6. The molecule has 0 aliphatic carbocycles. The van der Waals surface area contributed by atoms with Gasteiger partial charge in [0, 0.05) is 31.7 Å². The zero-order valence-electron chi connectivity index (χ0n) is 17.7. The second-order valence-electron chi connectivity index (χ2n) is 7.62. The first-order valence-corrected chi connectivity index (χ1v) is 11.6. The minimum atomic E-state index is -3.36. The van der Waals surface area contributed by atoms with Crippen LogP contribution in [0.3, 0.4) is 0 Å². The van der Waals surface area contributed by atoms with Crippen LogP contribution in [-0.2, 0) is 15.8 Å². The fraction of sp³-hybridized carbons (Fsp3) is 0.409. The lowest BCUT2D eigenvalue weighted by Gasteiger charge is -2.31. The molecule has 1 saturated heterocycles. The van der Waals surface area contributed by atoms with E-state index in [1.54, 1.807) is 35.7 Å². The molecule has 0 saturated carbocycles. The number of hydrogen-bond donors (Lipinski definition) is 1. The quantitative estimate of drug-likeness (QED) is 0.728. The molecule has 162 valence electrons. The van der Waals surface area contributed by atoms with Gasteiger partial charge in [-0.1, -0.05) is 24.3 Å². The first-order chi connectivity index (χ1) is 14.3. The zero-order valence-corrected chi connectivity index (χ0v) is 18.5. The van der Waals surface area contributed by atoms with Gasteiger partial charge in [-0.25, -0.2) is 8.42 Å². The monoisotopic (exact) mass is 431 g/mol. The van der Waals surface area contributed by atoms with Crippen molar-refractivity contribution in [1.82, 2.24) is 14.5 Å². The fourth-order valence-electron chi connectivity index (χ4n) is 3.38. The van der Waals surface area contributed by atoms with Crippen LogP contribution in [-0.4, -0.2) is 63.9 Å². The summed E-state index contributed by atoms with van der Waals surface area (Å²) in [7, 11) is 0.243. The smallest absolute Gasteiger partial charge is 0.251 e. The van der Waals surface area contributed by atoms with Crippen LogP contribution in [0, 0.1) is 0 Å². The molecule has 1 fully saturated rings. The molecule has 1 aliphatic rings. The Morgan fingerprint density at radius 2 is 1.63 bits per heavy atom. The molecule has 0 bridgehead atoms. The van der Waals surface area contributed by atoms with Crippen LogP contribution in [0.15, 0.2) is 48.5 Å². The molecule has 2 aromatic carbocycles. The second kappa shape index (κ2) is 9.59. The highest BCUT2D eigenvalue weighted by Crippen LogP contribution is 2.18. The lowest BCUT2D eigenvalue weighted by atomic mass is 10.1. The fourth-order valence-corrected chi connectivity index (χ4v) is 4.89. The number of nitrogens with zero attached hydrogens (tertiary/aromatic N) is 2. The normalized spacial score (nSPS) is 16.8. The molecular weight excluding hydrogens is 402 g/mol. The molecular formula is C22H29N3O4S. The van der Waals surface area contributed by atoms with Crippen molar-refractivity contribution in [3.63, 3.8) is 0 Å². The Hall–Kier alpha value is -2.42. The molecule has 2 aromatic rings. The third-order valence-corrected chi connectivity index (χ3v) is 7.23. The summed E-state index contributed by atoms with van der Waals surface area (Å²) in [4.78, 5) is 14.7. The van der Waals surface area contributed by atoms with Crippen LogP contribution in [0.2, 0.25) is 0 Å². The van der Waals surface area contributed by atoms with Crippen molar-refractivity contribution in [3.8, 4) is 5.75 Å². The van der Waals surface area contributed by atoms with Crippen molar-refractivity contribution in [2.45, 2.75) is 18.7 Å². The SMILES string of the molecule is COc1ccc([C@@H](C)NC(=O)c2ccc(CS(=O)(=O)N3CCN(C)CC3)cc2)cc1. The van der Waals surface area contributed by atoms with E-state index in [2.05, 4.69) is 10.2 Å². The summed E-state index contributed by atoms with van der Waals surface area (Å²) in [6.45, 7) is 4.43. The molecule has 7 nitrogen and oxygen atoms in total. The van der Waals surface area contributed by atoms with Crippen molar-refractivity contribution in [3.05, 3.63) is 65.2 Å². The largest absolute Gasteiger partial charge is 0.497 e. The Morgan fingerprint density at radius 1 is 1.03 bits per heavy atom. The lowest BCUT2D eigenvalue weighted by molar-refractivity contribution is 0.0940. The van der Waals surface area contributed by atoms with Gasteiger partial charge in [0.05, 0.1) is 18.9 Å². The standard InChI is InChI=1S/C22H29N3O4S/c1-17(19-8-10-21(29-3)11-9-19)23-22(26)20-6-4-18(5-7-20)16-30(27,28)25-14-12-24(2)13-15-25/h4-11,17H,12-16H2,1-3H3,(H,23,26)/t17-/m1/s1. The predicted octanol–water partition coefficient (Wildman–Crippen LogP) is 2.26. The van der Waals surface area contributed by atoms with Gasteiger partial charge < -0.3 is 15.0 Å². The number of carbonyl (C=O) groups excluding carboxylic acids is 1. The first kappa shape index (κ1) is 22.3. The summed E-state index contributed by atoms with van der Waals surface area (Å²) >= 11 is 0. The molecule has 0 spiro atoms. The van der Waals surface area contributed by atoms with E-state index in [1.807, 2.05) is 38.2 Å². The Kier molecular flexibility index (Phi) is 7.12. The van der Waals surface area contributed by atoms with Crippen LogP contribution in [0.4, 0.5) is 0 Å². The number of rotatable bonds is 7. The van der Waals surface area contributed by atoms with Gasteiger partial charge in [-0.2, -0.15) is 4.31 Å². The summed E-state index contributed by atoms with van der Waals surface area (Å²) in [5, 5.41) is 2.96. The van der Waals surface area contributed by atoms with E-state index in [0.717, 1.165) is 24.4 Å². The third-order valence-electron chi connectivity index (χ3n) is 5.38. The lowest BCUT2D eigenvalue weighted by Crippen LogP contribution is -2.47. The van der Waals surface area contributed by atoms with Gasteiger partial charge in [-0.05, 0) is 49.4 Å². The van der Waals surface area contributed by atoms with Crippen LogP contribution in [0.5, 0.6) is 5.75 Å².